The highest BCUT2D eigenvalue weighted by Gasteiger charge is 2.29. The van der Waals surface area contributed by atoms with Crippen LogP contribution < -0.4 is 10.3 Å². The van der Waals surface area contributed by atoms with Crippen LogP contribution in [0.5, 0.6) is 0 Å². The fourth-order valence-electron chi connectivity index (χ4n) is 3.18. The van der Waals surface area contributed by atoms with Crippen molar-refractivity contribution in [2.24, 2.45) is 0 Å². The van der Waals surface area contributed by atoms with Crippen molar-refractivity contribution < 1.29 is 9.78 Å². The van der Waals surface area contributed by atoms with Crippen molar-refractivity contribution in [1.82, 2.24) is 0 Å². The van der Waals surface area contributed by atoms with Crippen molar-refractivity contribution in [3.05, 3.63) is 72.1 Å². The lowest BCUT2D eigenvalue weighted by atomic mass is 9.82. The summed E-state index contributed by atoms with van der Waals surface area (Å²) >= 11 is 0. The number of carbonyl (C=O) groups is 1. The number of H-pyrrole nitrogens is 1. The third-order valence-electron chi connectivity index (χ3n) is 4.12. The molecule has 2 aromatic carbocycles. The van der Waals surface area contributed by atoms with E-state index in [1.54, 1.807) is 0 Å². The number of hydrogen-bond donors (Lipinski definition) is 1. The number of amides is 1. The van der Waals surface area contributed by atoms with Crippen LogP contribution in [0.2, 0.25) is 0 Å². The average molecular weight is 275 g/mol. The van der Waals surface area contributed by atoms with Crippen LogP contribution in [0.15, 0.2) is 60.9 Å². The Labute approximate surface area is 122 Å². The standard InChI is InChI=1S/C18H14N2O/c21-17-10-15(13-5-3-9-19-11-13)18-14-6-2-1-4-12(14)7-8-16(18)20-17/h1-9,11,15H,10H2,(H,20,21)/p+1. The number of carbonyl (C=O) groups excluding carboxylic acids is 1. The summed E-state index contributed by atoms with van der Waals surface area (Å²) in [7, 11) is 0. The zero-order valence-electron chi connectivity index (χ0n) is 11.5. The predicted octanol–water partition coefficient (Wildman–Crippen LogP) is 3.13. The van der Waals surface area contributed by atoms with E-state index in [2.05, 4.69) is 34.6 Å². The van der Waals surface area contributed by atoms with E-state index in [-0.39, 0.29) is 11.8 Å². The van der Waals surface area contributed by atoms with Gasteiger partial charge in [-0.3, -0.25) is 4.79 Å². The van der Waals surface area contributed by atoms with Crippen molar-refractivity contribution in [2.45, 2.75) is 12.3 Å². The minimum atomic E-state index is 0.0756. The van der Waals surface area contributed by atoms with Gasteiger partial charge in [-0.1, -0.05) is 30.3 Å². The van der Waals surface area contributed by atoms with E-state index in [9.17, 15) is 4.79 Å². The van der Waals surface area contributed by atoms with Gasteiger partial charge in [-0.15, -0.1) is 0 Å². The molecule has 1 unspecified atom stereocenters. The molecule has 102 valence electrons. The second-order valence-electron chi connectivity index (χ2n) is 5.39. The van der Waals surface area contributed by atoms with Gasteiger partial charge in [-0.05, 0) is 28.5 Å². The highest BCUT2D eigenvalue weighted by molar-refractivity contribution is 6.01. The van der Waals surface area contributed by atoms with Gasteiger partial charge in [0.25, 0.3) is 0 Å². The summed E-state index contributed by atoms with van der Waals surface area (Å²) in [5.41, 5.74) is 3.29. The Balaban J connectivity index is 2.00. The molecule has 0 aliphatic carbocycles. The molecule has 1 amide bonds. The van der Waals surface area contributed by atoms with E-state index in [4.69, 9.17) is 0 Å². The fourth-order valence-corrected chi connectivity index (χ4v) is 3.18. The van der Waals surface area contributed by atoms with E-state index in [1.807, 2.05) is 36.7 Å². The highest BCUT2D eigenvalue weighted by atomic mass is 16.1. The molecule has 0 bridgehead atoms. The van der Waals surface area contributed by atoms with Crippen LogP contribution >= 0.6 is 0 Å². The molecule has 3 aromatic rings. The summed E-state index contributed by atoms with van der Waals surface area (Å²) in [5.74, 6) is 0.170. The first-order chi connectivity index (χ1) is 10.3. The number of nitrogens with one attached hydrogen (secondary N) is 2. The normalized spacial score (nSPS) is 17.3. The van der Waals surface area contributed by atoms with Crippen LogP contribution in [0.25, 0.3) is 10.8 Å². The maximum Gasteiger partial charge on any atom is 0.225 e. The lowest BCUT2D eigenvalue weighted by Gasteiger charge is -2.26. The largest absolute Gasteiger partial charge is 0.326 e. The van der Waals surface area contributed by atoms with Gasteiger partial charge >= 0.3 is 0 Å². The number of aromatic nitrogens is 1. The summed E-state index contributed by atoms with van der Waals surface area (Å²) in [6.07, 6.45) is 4.35. The fraction of sp³-hybridized carbons (Fsp3) is 0.111. The minimum Gasteiger partial charge on any atom is -0.326 e. The molecule has 4 rings (SSSR count). The first kappa shape index (κ1) is 12.1. The van der Waals surface area contributed by atoms with Gasteiger partial charge in [0.15, 0.2) is 12.4 Å². The second kappa shape index (κ2) is 4.70. The molecule has 21 heavy (non-hydrogen) atoms. The van der Waals surface area contributed by atoms with E-state index in [0.717, 1.165) is 11.3 Å². The molecule has 3 nitrogen and oxygen atoms in total. The number of hydrogen-bond acceptors (Lipinski definition) is 1. The number of aromatic amines is 1. The Morgan fingerprint density at radius 1 is 1.05 bits per heavy atom. The lowest BCUT2D eigenvalue weighted by Crippen LogP contribution is -2.24. The summed E-state index contributed by atoms with van der Waals surface area (Å²) in [6.45, 7) is 0. The number of benzene rings is 2. The molecule has 0 fully saturated rings. The first-order valence-corrected chi connectivity index (χ1v) is 7.10. The zero-order chi connectivity index (χ0) is 14.2. The Kier molecular flexibility index (Phi) is 2.71. The Morgan fingerprint density at radius 2 is 1.95 bits per heavy atom. The lowest BCUT2D eigenvalue weighted by molar-refractivity contribution is -0.378. The molecule has 1 aromatic heterocycles. The van der Waals surface area contributed by atoms with Crippen LogP contribution in [-0.4, -0.2) is 5.91 Å². The molecule has 1 atom stereocenters. The second-order valence-corrected chi connectivity index (χ2v) is 5.39. The van der Waals surface area contributed by atoms with E-state index in [1.165, 1.54) is 16.3 Å². The molecular weight excluding hydrogens is 260 g/mol. The van der Waals surface area contributed by atoms with Crippen molar-refractivity contribution in [2.75, 3.05) is 5.32 Å². The van der Waals surface area contributed by atoms with Crippen molar-refractivity contribution in [3.63, 3.8) is 0 Å². The molecule has 0 saturated carbocycles. The number of anilines is 1. The average Bonchev–Trinajstić information content (AvgIpc) is 2.54. The molecule has 0 radical (unpaired) electrons. The van der Waals surface area contributed by atoms with E-state index < -0.39 is 0 Å². The predicted molar refractivity (Wildman–Crippen MR) is 82.0 cm³/mol. The van der Waals surface area contributed by atoms with Crippen molar-refractivity contribution >= 4 is 22.4 Å². The van der Waals surface area contributed by atoms with Crippen LogP contribution in [0.1, 0.15) is 23.5 Å². The van der Waals surface area contributed by atoms with Crippen LogP contribution in [0.3, 0.4) is 0 Å². The maximum absolute atomic E-state index is 12.0. The van der Waals surface area contributed by atoms with Crippen molar-refractivity contribution in [3.8, 4) is 0 Å². The minimum absolute atomic E-state index is 0.0756. The summed E-state index contributed by atoms with van der Waals surface area (Å²) in [5, 5.41) is 5.42. The summed E-state index contributed by atoms with van der Waals surface area (Å²) < 4.78 is 0. The van der Waals surface area contributed by atoms with Gasteiger partial charge in [0, 0.05) is 29.7 Å². The van der Waals surface area contributed by atoms with E-state index >= 15 is 0 Å². The van der Waals surface area contributed by atoms with Crippen LogP contribution in [0.4, 0.5) is 5.69 Å². The van der Waals surface area contributed by atoms with Gasteiger partial charge in [-0.25, -0.2) is 4.98 Å². The topological polar surface area (TPSA) is 43.2 Å². The summed E-state index contributed by atoms with van der Waals surface area (Å²) in [4.78, 5) is 15.1. The Bertz CT molecular complexity index is 827. The zero-order valence-corrected chi connectivity index (χ0v) is 11.5. The van der Waals surface area contributed by atoms with Gasteiger partial charge in [0.2, 0.25) is 5.91 Å². The molecule has 0 saturated heterocycles. The molecular formula is C18H15N2O+. The molecule has 1 aliphatic heterocycles. The quantitative estimate of drug-likeness (QED) is 0.728. The molecule has 3 heteroatoms. The molecule has 2 heterocycles. The van der Waals surface area contributed by atoms with Gasteiger partial charge in [-0.2, -0.15) is 0 Å². The number of rotatable bonds is 1. The van der Waals surface area contributed by atoms with Crippen molar-refractivity contribution in [1.29, 1.82) is 0 Å². The molecule has 2 N–H and O–H groups in total. The van der Waals surface area contributed by atoms with Gasteiger partial charge in [0.05, 0.1) is 0 Å². The highest BCUT2D eigenvalue weighted by Crippen LogP contribution is 2.40. The molecule has 0 spiro atoms. The van der Waals surface area contributed by atoms with Gasteiger partial charge < -0.3 is 5.32 Å². The Morgan fingerprint density at radius 3 is 2.81 bits per heavy atom. The first-order valence-electron chi connectivity index (χ1n) is 7.10. The molecule has 1 aliphatic rings. The third-order valence-corrected chi connectivity index (χ3v) is 4.12. The third kappa shape index (κ3) is 1.98. The van der Waals surface area contributed by atoms with Gasteiger partial charge in [0.1, 0.15) is 0 Å². The number of pyridine rings is 1. The van der Waals surface area contributed by atoms with Crippen LogP contribution in [0, 0.1) is 0 Å². The van der Waals surface area contributed by atoms with E-state index in [0.29, 0.717) is 6.42 Å². The Hall–Kier alpha value is -2.68. The maximum atomic E-state index is 12.0. The monoisotopic (exact) mass is 275 g/mol. The SMILES string of the molecule is O=C1CC(c2ccc[nH+]c2)c2c(ccc3ccccc23)N1. The smallest absolute Gasteiger partial charge is 0.225 e. The number of fused-ring (bicyclic) bond motifs is 3. The van der Waals surface area contributed by atoms with Crippen LogP contribution in [-0.2, 0) is 4.79 Å². The summed E-state index contributed by atoms with van der Waals surface area (Å²) in [6, 6.07) is 16.5.